The summed E-state index contributed by atoms with van der Waals surface area (Å²) in [5.41, 5.74) is 2.40. The van der Waals surface area contributed by atoms with E-state index in [4.69, 9.17) is 0 Å². The number of amides is 1. The maximum atomic E-state index is 12.4. The zero-order valence-corrected chi connectivity index (χ0v) is 15.0. The first-order chi connectivity index (χ1) is 10.3. The van der Waals surface area contributed by atoms with Gasteiger partial charge in [0.05, 0.1) is 10.2 Å². The first-order valence-electron chi connectivity index (χ1n) is 7.40. The highest BCUT2D eigenvalue weighted by Crippen LogP contribution is 2.26. The van der Waals surface area contributed by atoms with Crippen molar-refractivity contribution in [1.29, 1.82) is 0 Å². The predicted octanol–water partition coefficient (Wildman–Crippen LogP) is 4.00. The molecule has 0 bridgehead atoms. The van der Waals surface area contributed by atoms with Crippen LogP contribution in [0.4, 0.5) is 0 Å². The van der Waals surface area contributed by atoms with Gasteiger partial charge in [-0.2, -0.15) is 5.10 Å². The Hall–Kier alpha value is -1.62. The van der Waals surface area contributed by atoms with E-state index in [9.17, 15) is 4.79 Å². The molecule has 1 aromatic heterocycles. The van der Waals surface area contributed by atoms with Crippen LogP contribution in [0.2, 0.25) is 0 Å². The maximum absolute atomic E-state index is 12.4. The molecule has 2 aromatic rings. The Balaban J connectivity index is 2.07. The number of aromatic amines is 1. The maximum Gasteiger partial charge on any atom is 0.272 e. The van der Waals surface area contributed by atoms with Gasteiger partial charge in [0.15, 0.2) is 5.69 Å². The molecular weight excluding hydrogens is 342 g/mol. The van der Waals surface area contributed by atoms with E-state index in [0.717, 1.165) is 10.2 Å². The molecular formula is C17H22BrN3O. The minimum atomic E-state index is -0.168. The second-order valence-electron chi connectivity index (χ2n) is 6.39. The Labute approximate surface area is 139 Å². The lowest BCUT2D eigenvalue weighted by atomic mass is 9.84. The van der Waals surface area contributed by atoms with Crippen LogP contribution >= 0.6 is 15.9 Å². The Bertz CT molecular complexity index is 647. The lowest BCUT2D eigenvalue weighted by molar-refractivity contribution is 0.0940. The fourth-order valence-electron chi connectivity index (χ4n) is 2.25. The van der Waals surface area contributed by atoms with E-state index in [2.05, 4.69) is 71.3 Å². The molecule has 1 heterocycles. The lowest BCUT2D eigenvalue weighted by Gasteiger charge is -2.25. The molecule has 0 saturated carbocycles. The van der Waals surface area contributed by atoms with E-state index in [0.29, 0.717) is 12.2 Å². The molecule has 0 atom stereocenters. The van der Waals surface area contributed by atoms with Crippen LogP contribution in [0.15, 0.2) is 34.8 Å². The highest BCUT2D eigenvalue weighted by molar-refractivity contribution is 9.10. The standard InChI is InChI=1S/C17H22BrN3O/c1-11(2)14-13(18)15(21-20-14)16(22)19-10-17(3,4)12-8-6-5-7-9-12/h5-9,11H,10H2,1-4H3,(H,19,22)(H,20,21). The van der Waals surface area contributed by atoms with Crippen molar-refractivity contribution in [3.8, 4) is 0 Å². The van der Waals surface area contributed by atoms with Gasteiger partial charge >= 0.3 is 0 Å². The van der Waals surface area contributed by atoms with Gasteiger partial charge in [-0.3, -0.25) is 9.89 Å². The summed E-state index contributed by atoms with van der Waals surface area (Å²) in [5.74, 6) is 0.114. The molecule has 0 unspecified atom stereocenters. The fourth-order valence-corrected chi connectivity index (χ4v) is 3.07. The summed E-state index contributed by atoms with van der Waals surface area (Å²) >= 11 is 3.46. The third-order valence-corrected chi connectivity index (χ3v) is 4.57. The summed E-state index contributed by atoms with van der Waals surface area (Å²) in [4.78, 5) is 12.4. The van der Waals surface area contributed by atoms with E-state index < -0.39 is 0 Å². The van der Waals surface area contributed by atoms with E-state index in [1.807, 2.05) is 18.2 Å². The van der Waals surface area contributed by atoms with Gasteiger partial charge in [-0.1, -0.05) is 58.0 Å². The van der Waals surface area contributed by atoms with Gasteiger partial charge in [-0.25, -0.2) is 0 Å². The molecule has 118 valence electrons. The van der Waals surface area contributed by atoms with Gasteiger partial charge in [-0.05, 0) is 27.4 Å². The summed E-state index contributed by atoms with van der Waals surface area (Å²) in [7, 11) is 0. The second-order valence-corrected chi connectivity index (χ2v) is 7.18. The van der Waals surface area contributed by atoms with Crippen molar-refractivity contribution in [2.24, 2.45) is 0 Å². The van der Waals surface area contributed by atoms with Gasteiger partial charge in [-0.15, -0.1) is 0 Å². The normalized spacial score (nSPS) is 11.7. The zero-order chi connectivity index (χ0) is 16.3. The molecule has 0 aliphatic heterocycles. The Morgan fingerprint density at radius 2 is 1.95 bits per heavy atom. The molecule has 0 radical (unpaired) electrons. The topological polar surface area (TPSA) is 57.8 Å². The molecule has 1 aromatic carbocycles. The van der Waals surface area contributed by atoms with E-state index in [-0.39, 0.29) is 17.2 Å². The largest absolute Gasteiger partial charge is 0.350 e. The molecule has 1 amide bonds. The Kier molecular flexibility index (Phi) is 5.06. The van der Waals surface area contributed by atoms with Crippen LogP contribution in [0.5, 0.6) is 0 Å². The van der Waals surface area contributed by atoms with Gasteiger partial charge in [0.25, 0.3) is 5.91 Å². The number of nitrogens with zero attached hydrogens (tertiary/aromatic N) is 1. The van der Waals surface area contributed by atoms with Crippen molar-refractivity contribution < 1.29 is 4.79 Å². The third-order valence-electron chi connectivity index (χ3n) is 3.77. The van der Waals surface area contributed by atoms with E-state index >= 15 is 0 Å². The molecule has 0 aliphatic carbocycles. The Morgan fingerprint density at radius 3 is 2.50 bits per heavy atom. The first-order valence-corrected chi connectivity index (χ1v) is 8.19. The number of carbonyl (C=O) groups excluding carboxylic acids is 1. The van der Waals surface area contributed by atoms with Crippen LogP contribution in [-0.4, -0.2) is 22.6 Å². The van der Waals surface area contributed by atoms with Gasteiger partial charge in [0.2, 0.25) is 0 Å². The molecule has 0 spiro atoms. The summed E-state index contributed by atoms with van der Waals surface area (Å²) in [6.45, 7) is 8.88. The molecule has 2 rings (SSSR count). The summed E-state index contributed by atoms with van der Waals surface area (Å²) < 4.78 is 0.748. The molecule has 22 heavy (non-hydrogen) atoms. The van der Waals surface area contributed by atoms with Crippen LogP contribution in [0.3, 0.4) is 0 Å². The average molecular weight is 364 g/mol. The number of hydrogen-bond donors (Lipinski definition) is 2. The third kappa shape index (κ3) is 3.58. The fraction of sp³-hybridized carbons (Fsp3) is 0.412. The number of rotatable bonds is 5. The van der Waals surface area contributed by atoms with Crippen LogP contribution in [0.25, 0.3) is 0 Å². The number of halogens is 1. The molecule has 2 N–H and O–H groups in total. The van der Waals surface area contributed by atoms with Crippen molar-refractivity contribution in [2.45, 2.75) is 39.0 Å². The molecule has 5 heteroatoms. The number of benzene rings is 1. The van der Waals surface area contributed by atoms with Crippen LogP contribution in [0.1, 0.15) is 55.4 Å². The lowest BCUT2D eigenvalue weighted by Crippen LogP contribution is -2.37. The highest BCUT2D eigenvalue weighted by Gasteiger charge is 2.24. The van der Waals surface area contributed by atoms with Crippen LogP contribution in [-0.2, 0) is 5.41 Å². The van der Waals surface area contributed by atoms with Crippen molar-refractivity contribution in [1.82, 2.24) is 15.5 Å². The van der Waals surface area contributed by atoms with Crippen molar-refractivity contribution in [2.75, 3.05) is 6.54 Å². The molecule has 0 saturated heterocycles. The molecule has 0 fully saturated rings. The smallest absolute Gasteiger partial charge is 0.272 e. The van der Waals surface area contributed by atoms with Crippen LogP contribution < -0.4 is 5.32 Å². The van der Waals surface area contributed by atoms with Crippen molar-refractivity contribution in [3.05, 3.63) is 51.8 Å². The zero-order valence-electron chi connectivity index (χ0n) is 13.4. The van der Waals surface area contributed by atoms with Crippen molar-refractivity contribution in [3.63, 3.8) is 0 Å². The molecule has 4 nitrogen and oxygen atoms in total. The number of H-pyrrole nitrogens is 1. The minimum absolute atomic E-state index is 0.138. The average Bonchev–Trinajstić information content (AvgIpc) is 2.88. The quantitative estimate of drug-likeness (QED) is 0.843. The minimum Gasteiger partial charge on any atom is -0.350 e. The summed E-state index contributed by atoms with van der Waals surface area (Å²) in [6.07, 6.45) is 0. The van der Waals surface area contributed by atoms with E-state index in [1.54, 1.807) is 0 Å². The number of hydrogen-bond acceptors (Lipinski definition) is 2. The second kappa shape index (κ2) is 6.65. The van der Waals surface area contributed by atoms with Crippen LogP contribution in [0, 0.1) is 0 Å². The monoisotopic (exact) mass is 363 g/mol. The van der Waals surface area contributed by atoms with Crippen molar-refractivity contribution >= 4 is 21.8 Å². The van der Waals surface area contributed by atoms with Gasteiger partial charge in [0.1, 0.15) is 0 Å². The predicted molar refractivity (Wildman–Crippen MR) is 92.2 cm³/mol. The Morgan fingerprint density at radius 1 is 1.32 bits per heavy atom. The number of nitrogens with one attached hydrogen (secondary N) is 2. The SMILES string of the molecule is CC(C)c1[nH]nc(C(=O)NCC(C)(C)c2ccccc2)c1Br. The van der Waals surface area contributed by atoms with E-state index in [1.165, 1.54) is 5.56 Å². The summed E-state index contributed by atoms with van der Waals surface area (Å²) in [5, 5.41) is 10.0. The summed E-state index contributed by atoms with van der Waals surface area (Å²) in [6, 6.07) is 10.2. The number of aromatic nitrogens is 2. The highest BCUT2D eigenvalue weighted by atomic mass is 79.9. The number of carbonyl (C=O) groups is 1. The van der Waals surface area contributed by atoms with Gasteiger partial charge < -0.3 is 5.32 Å². The molecule has 0 aliphatic rings. The van der Waals surface area contributed by atoms with Gasteiger partial charge in [0, 0.05) is 12.0 Å². The first kappa shape index (κ1) is 16.7.